The largest absolute Gasteiger partial charge is 0.347 e. The standard InChI is InChI=1S/C14H19N3O2/c1-15-13(18)16-9-6-10(17(16)14(15)19)12-8-3-2-7(4-5-8)11(9)12/h7-12H,2-6H2,1H3. The van der Waals surface area contributed by atoms with Crippen molar-refractivity contribution in [3.05, 3.63) is 21.0 Å². The molecule has 1 aromatic rings. The summed E-state index contributed by atoms with van der Waals surface area (Å²) in [5.41, 5.74) is -0.199. The van der Waals surface area contributed by atoms with Crippen LogP contribution < -0.4 is 11.4 Å². The average Bonchev–Trinajstić information content (AvgIpc) is 3.09. The summed E-state index contributed by atoms with van der Waals surface area (Å²) in [6.45, 7) is 0. The van der Waals surface area contributed by atoms with Crippen molar-refractivity contribution in [1.29, 1.82) is 0 Å². The second kappa shape index (κ2) is 3.07. The lowest BCUT2D eigenvalue weighted by Gasteiger charge is -2.50. The number of rotatable bonds is 0. The van der Waals surface area contributed by atoms with Gasteiger partial charge in [0.25, 0.3) is 0 Å². The van der Waals surface area contributed by atoms with Crippen molar-refractivity contribution in [2.75, 3.05) is 0 Å². The van der Waals surface area contributed by atoms with Gasteiger partial charge in [-0.15, -0.1) is 0 Å². The molecular formula is C14H19N3O2. The summed E-state index contributed by atoms with van der Waals surface area (Å²) in [7, 11) is 1.61. The quantitative estimate of drug-likeness (QED) is 0.696. The Hall–Kier alpha value is -1.26. The molecule has 19 heavy (non-hydrogen) atoms. The Morgan fingerprint density at radius 1 is 0.842 bits per heavy atom. The van der Waals surface area contributed by atoms with E-state index >= 15 is 0 Å². The molecule has 0 N–H and O–H groups in total. The van der Waals surface area contributed by atoms with E-state index in [1.54, 1.807) is 16.4 Å². The van der Waals surface area contributed by atoms with Crippen molar-refractivity contribution < 1.29 is 0 Å². The van der Waals surface area contributed by atoms with Gasteiger partial charge in [0.2, 0.25) is 0 Å². The third-order valence-corrected chi connectivity index (χ3v) is 6.55. The molecule has 4 bridgehead atoms. The molecule has 0 amide bonds. The third kappa shape index (κ3) is 0.986. The third-order valence-electron chi connectivity index (χ3n) is 6.55. The highest BCUT2D eigenvalue weighted by Gasteiger charge is 2.60. The van der Waals surface area contributed by atoms with Gasteiger partial charge in [-0.2, -0.15) is 0 Å². The van der Waals surface area contributed by atoms with Crippen molar-refractivity contribution in [3.8, 4) is 0 Å². The van der Waals surface area contributed by atoms with Crippen molar-refractivity contribution in [2.24, 2.45) is 30.7 Å². The number of fused-ring (bicyclic) bond motifs is 7. The van der Waals surface area contributed by atoms with Crippen LogP contribution in [0.5, 0.6) is 0 Å². The van der Waals surface area contributed by atoms with Crippen LogP contribution >= 0.6 is 0 Å². The van der Waals surface area contributed by atoms with Crippen LogP contribution in [0.4, 0.5) is 0 Å². The second-order valence-electron chi connectivity index (χ2n) is 7.01. The Balaban J connectivity index is 1.76. The molecule has 0 spiro atoms. The van der Waals surface area contributed by atoms with E-state index < -0.39 is 0 Å². The number of nitrogens with zero attached hydrogens (tertiary/aromatic N) is 3. The normalized spacial score (nSPS) is 45.5. The Morgan fingerprint density at radius 2 is 1.26 bits per heavy atom. The van der Waals surface area contributed by atoms with E-state index in [1.165, 1.54) is 30.3 Å². The number of hydrogen-bond acceptors (Lipinski definition) is 2. The molecule has 4 unspecified atom stereocenters. The van der Waals surface area contributed by atoms with E-state index in [2.05, 4.69) is 0 Å². The van der Waals surface area contributed by atoms with Crippen LogP contribution in [0.25, 0.3) is 0 Å². The maximum atomic E-state index is 12.3. The predicted molar refractivity (Wildman–Crippen MR) is 69.1 cm³/mol. The molecule has 4 aliphatic carbocycles. The molecule has 4 atom stereocenters. The summed E-state index contributed by atoms with van der Waals surface area (Å²) in [6.07, 6.45) is 6.43. The topological polar surface area (TPSA) is 48.9 Å². The van der Waals surface area contributed by atoms with Crippen LogP contribution in [0.1, 0.15) is 44.2 Å². The summed E-state index contributed by atoms with van der Waals surface area (Å²) >= 11 is 0. The molecule has 5 heteroatoms. The van der Waals surface area contributed by atoms with Crippen LogP contribution in [-0.2, 0) is 7.05 Å². The molecule has 4 fully saturated rings. The number of aromatic nitrogens is 3. The van der Waals surface area contributed by atoms with Crippen molar-refractivity contribution in [3.63, 3.8) is 0 Å². The maximum Gasteiger partial charge on any atom is 0.347 e. The summed E-state index contributed by atoms with van der Waals surface area (Å²) in [6, 6.07) is 0.619. The Labute approximate surface area is 110 Å². The van der Waals surface area contributed by atoms with Gasteiger partial charge in [-0.3, -0.25) is 0 Å². The molecular weight excluding hydrogens is 242 g/mol. The van der Waals surface area contributed by atoms with Gasteiger partial charge in [-0.1, -0.05) is 0 Å². The minimum atomic E-state index is -0.0996. The highest BCUT2D eigenvalue weighted by molar-refractivity contribution is 5.10. The first-order valence-corrected chi connectivity index (χ1v) is 7.58. The van der Waals surface area contributed by atoms with Gasteiger partial charge < -0.3 is 0 Å². The van der Waals surface area contributed by atoms with Crippen molar-refractivity contribution in [1.82, 2.24) is 13.9 Å². The van der Waals surface area contributed by atoms with E-state index in [1.807, 2.05) is 0 Å². The average molecular weight is 261 g/mol. The minimum absolute atomic E-state index is 0.0996. The van der Waals surface area contributed by atoms with E-state index in [-0.39, 0.29) is 11.4 Å². The summed E-state index contributed by atoms with van der Waals surface area (Å²) in [5.74, 6) is 2.97. The first kappa shape index (κ1) is 10.5. The molecule has 5 aliphatic rings. The molecule has 102 valence electrons. The lowest BCUT2D eigenvalue weighted by Crippen LogP contribution is -2.48. The summed E-state index contributed by atoms with van der Waals surface area (Å²) in [5, 5.41) is 0. The van der Waals surface area contributed by atoms with Crippen LogP contribution in [-0.4, -0.2) is 13.9 Å². The zero-order valence-corrected chi connectivity index (χ0v) is 11.2. The molecule has 2 heterocycles. The second-order valence-corrected chi connectivity index (χ2v) is 7.01. The smallest absolute Gasteiger partial charge is 0.246 e. The highest BCUT2D eigenvalue weighted by atomic mass is 16.2. The minimum Gasteiger partial charge on any atom is -0.246 e. The zero-order chi connectivity index (χ0) is 12.9. The van der Waals surface area contributed by atoms with Gasteiger partial charge in [0, 0.05) is 7.05 Å². The Morgan fingerprint density at radius 3 is 1.68 bits per heavy atom. The molecule has 6 rings (SSSR count). The lowest BCUT2D eigenvalue weighted by atomic mass is 9.58. The number of hydrogen-bond donors (Lipinski definition) is 0. The molecule has 0 saturated heterocycles. The summed E-state index contributed by atoms with van der Waals surface area (Å²) < 4.78 is 4.89. The lowest BCUT2D eigenvalue weighted by molar-refractivity contribution is -0.0164. The maximum absolute atomic E-state index is 12.3. The van der Waals surface area contributed by atoms with Gasteiger partial charge in [0.1, 0.15) is 0 Å². The van der Waals surface area contributed by atoms with Crippen LogP contribution in [0.15, 0.2) is 9.59 Å². The van der Waals surface area contributed by atoms with E-state index in [0.717, 1.165) is 18.3 Å². The first-order chi connectivity index (χ1) is 9.18. The summed E-state index contributed by atoms with van der Waals surface area (Å²) in [4.78, 5) is 24.5. The van der Waals surface area contributed by atoms with Gasteiger partial charge in [0.15, 0.2) is 0 Å². The van der Waals surface area contributed by atoms with Gasteiger partial charge >= 0.3 is 11.4 Å². The van der Waals surface area contributed by atoms with Gasteiger partial charge in [0.05, 0.1) is 12.1 Å². The molecule has 1 aromatic heterocycles. The fourth-order valence-corrected chi connectivity index (χ4v) is 5.95. The van der Waals surface area contributed by atoms with Gasteiger partial charge in [-0.25, -0.2) is 23.5 Å². The molecule has 5 nitrogen and oxygen atoms in total. The molecule has 0 radical (unpaired) electrons. The SMILES string of the molecule is Cn1c(=O)n2n(c1=O)C1CC2C2C3CCC(CC3)C21. The fraction of sp³-hybridized carbons (Fsp3) is 0.857. The van der Waals surface area contributed by atoms with Crippen LogP contribution in [0.2, 0.25) is 0 Å². The fourth-order valence-electron chi connectivity index (χ4n) is 5.95. The Kier molecular flexibility index (Phi) is 1.70. The van der Waals surface area contributed by atoms with E-state index in [0.29, 0.717) is 23.9 Å². The molecule has 1 aliphatic heterocycles. The van der Waals surface area contributed by atoms with E-state index in [4.69, 9.17) is 0 Å². The van der Waals surface area contributed by atoms with E-state index in [9.17, 15) is 9.59 Å². The van der Waals surface area contributed by atoms with Crippen molar-refractivity contribution >= 4 is 0 Å². The molecule has 0 aromatic carbocycles. The first-order valence-electron chi connectivity index (χ1n) is 7.58. The Bertz CT molecular complexity index is 618. The zero-order valence-electron chi connectivity index (χ0n) is 11.2. The highest BCUT2D eigenvalue weighted by Crippen LogP contribution is 2.64. The van der Waals surface area contributed by atoms with Gasteiger partial charge in [-0.05, 0) is 55.8 Å². The predicted octanol–water partition coefficient (Wildman–Crippen LogP) is 0.900. The van der Waals surface area contributed by atoms with Crippen molar-refractivity contribution in [2.45, 2.75) is 44.2 Å². The van der Waals surface area contributed by atoms with Crippen LogP contribution in [0, 0.1) is 23.7 Å². The molecule has 4 saturated carbocycles. The van der Waals surface area contributed by atoms with Crippen LogP contribution in [0.3, 0.4) is 0 Å². The monoisotopic (exact) mass is 261 g/mol.